The van der Waals surface area contributed by atoms with Gasteiger partial charge < -0.3 is 14.3 Å². The zero-order valence-corrected chi connectivity index (χ0v) is 10.7. The Labute approximate surface area is 101 Å². The minimum Gasteiger partial charge on any atom is -0.472 e. The Morgan fingerprint density at radius 3 is 2.53 bits per heavy atom. The minimum atomic E-state index is 0.200. The fourth-order valence-electron chi connectivity index (χ4n) is 2.18. The molecule has 0 aromatic carbocycles. The molecule has 2 aromatic heterocycles. The molecule has 0 aliphatic carbocycles. The van der Waals surface area contributed by atoms with Gasteiger partial charge in [0.2, 0.25) is 0 Å². The highest BCUT2D eigenvalue weighted by atomic mass is 16.5. The van der Waals surface area contributed by atoms with E-state index >= 15 is 0 Å². The lowest BCUT2D eigenvalue weighted by Gasteiger charge is -2.18. The van der Waals surface area contributed by atoms with Crippen molar-refractivity contribution in [2.24, 2.45) is 0 Å². The number of nitrogens with zero attached hydrogens (tertiary/aromatic N) is 1. The summed E-state index contributed by atoms with van der Waals surface area (Å²) in [4.78, 5) is 0. The number of furan rings is 1. The predicted octanol–water partition coefficient (Wildman–Crippen LogP) is 3.30. The summed E-state index contributed by atoms with van der Waals surface area (Å²) in [5.41, 5.74) is 3.23. The molecule has 92 valence electrons. The average Bonchev–Trinajstić information content (AvgIpc) is 2.88. The van der Waals surface area contributed by atoms with Crippen molar-refractivity contribution in [2.45, 2.75) is 39.8 Å². The van der Waals surface area contributed by atoms with Gasteiger partial charge in [-0.2, -0.15) is 0 Å². The molecule has 0 saturated heterocycles. The molecule has 0 fully saturated rings. The molecule has 0 radical (unpaired) electrons. The second-order valence-corrected chi connectivity index (χ2v) is 4.40. The van der Waals surface area contributed by atoms with Gasteiger partial charge in [0, 0.05) is 23.2 Å². The molecule has 17 heavy (non-hydrogen) atoms. The van der Waals surface area contributed by atoms with Crippen LogP contribution in [0.5, 0.6) is 0 Å². The lowest BCUT2D eigenvalue weighted by Crippen LogP contribution is -2.22. The van der Waals surface area contributed by atoms with Crippen molar-refractivity contribution in [3.8, 4) is 0 Å². The maximum Gasteiger partial charge on any atom is 0.138 e. The summed E-state index contributed by atoms with van der Waals surface area (Å²) < 4.78 is 10.3. The third kappa shape index (κ3) is 2.42. The van der Waals surface area contributed by atoms with Crippen LogP contribution < -0.4 is 5.32 Å². The third-order valence-electron chi connectivity index (χ3n) is 3.06. The molecule has 0 spiro atoms. The SMILES string of the molecule is Cc1noc(C)c1C(C)NC(C)c1ccoc1. The van der Waals surface area contributed by atoms with E-state index in [0.717, 1.165) is 22.6 Å². The van der Waals surface area contributed by atoms with Crippen molar-refractivity contribution in [1.82, 2.24) is 10.5 Å². The van der Waals surface area contributed by atoms with Gasteiger partial charge in [0.15, 0.2) is 0 Å². The molecule has 2 aromatic rings. The van der Waals surface area contributed by atoms with E-state index in [-0.39, 0.29) is 12.1 Å². The molecule has 0 saturated carbocycles. The zero-order chi connectivity index (χ0) is 12.4. The molecular weight excluding hydrogens is 216 g/mol. The highest BCUT2D eigenvalue weighted by Gasteiger charge is 2.18. The fourth-order valence-corrected chi connectivity index (χ4v) is 2.18. The smallest absolute Gasteiger partial charge is 0.138 e. The van der Waals surface area contributed by atoms with Crippen LogP contribution in [0.15, 0.2) is 27.5 Å². The standard InChI is InChI=1S/C13H18N2O2/c1-8(12-5-6-16-7-12)14-9(2)13-10(3)15-17-11(13)4/h5-9,14H,1-4H3. The first-order valence-electron chi connectivity index (χ1n) is 5.80. The van der Waals surface area contributed by atoms with Gasteiger partial charge in [-0.25, -0.2) is 0 Å². The monoisotopic (exact) mass is 234 g/mol. The van der Waals surface area contributed by atoms with E-state index in [2.05, 4.69) is 24.3 Å². The maximum absolute atomic E-state index is 5.18. The fraction of sp³-hybridized carbons (Fsp3) is 0.462. The van der Waals surface area contributed by atoms with Crippen LogP contribution in [0.1, 0.15) is 48.5 Å². The number of hydrogen-bond donors (Lipinski definition) is 1. The van der Waals surface area contributed by atoms with E-state index in [1.807, 2.05) is 19.9 Å². The van der Waals surface area contributed by atoms with Crippen molar-refractivity contribution in [3.63, 3.8) is 0 Å². The molecule has 2 heterocycles. The quantitative estimate of drug-likeness (QED) is 0.881. The molecule has 0 bridgehead atoms. The zero-order valence-electron chi connectivity index (χ0n) is 10.7. The first kappa shape index (κ1) is 11.9. The van der Waals surface area contributed by atoms with Crippen LogP contribution in [0.25, 0.3) is 0 Å². The van der Waals surface area contributed by atoms with Crippen molar-refractivity contribution >= 4 is 0 Å². The van der Waals surface area contributed by atoms with E-state index in [0.29, 0.717) is 0 Å². The topological polar surface area (TPSA) is 51.2 Å². The van der Waals surface area contributed by atoms with Crippen LogP contribution in [-0.2, 0) is 0 Å². The van der Waals surface area contributed by atoms with Crippen LogP contribution in [0.2, 0.25) is 0 Å². The Morgan fingerprint density at radius 2 is 2.00 bits per heavy atom. The Balaban J connectivity index is 2.09. The largest absolute Gasteiger partial charge is 0.472 e. The van der Waals surface area contributed by atoms with E-state index < -0.39 is 0 Å². The molecule has 2 rings (SSSR count). The Kier molecular flexibility index (Phi) is 3.33. The van der Waals surface area contributed by atoms with Crippen molar-refractivity contribution in [1.29, 1.82) is 0 Å². The van der Waals surface area contributed by atoms with Crippen molar-refractivity contribution < 1.29 is 8.94 Å². The van der Waals surface area contributed by atoms with Gasteiger partial charge in [-0.3, -0.25) is 0 Å². The van der Waals surface area contributed by atoms with Crippen LogP contribution in [0, 0.1) is 13.8 Å². The van der Waals surface area contributed by atoms with E-state index in [1.54, 1.807) is 12.5 Å². The highest BCUT2D eigenvalue weighted by molar-refractivity contribution is 5.25. The summed E-state index contributed by atoms with van der Waals surface area (Å²) in [6.45, 7) is 8.13. The summed E-state index contributed by atoms with van der Waals surface area (Å²) in [6, 6.07) is 2.40. The highest BCUT2D eigenvalue weighted by Crippen LogP contribution is 2.24. The molecule has 1 N–H and O–H groups in total. The van der Waals surface area contributed by atoms with Crippen LogP contribution >= 0.6 is 0 Å². The third-order valence-corrected chi connectivity index (χ3v) is 3.06. The van der Waals surface area contributed by atoms with Crippen LogP contribution in [-0.4, -0.2) is 5.16 Å². The molecule has 2 unspecified atom stereocenters. The molecular formula is C13H18N2O2. The Bertz CT molecular complexity index is 454. The van der Waals surface area contributed by atoms with Crippen LogP contribution in [0.4, 0.5) is 0 Å². The van der Waals surface area contributed by atoms with Gasteiger partial charge in [0.1, 0.15) is 5.76 Å². The molecule has 0 aliphatic heterocycles. The number of aryl methyl sites for hydroxylation is 2. The second kappa shape index (κ2) is 4.75. The van der Waals surface area contributed by atoms with E-state index in [1.165, 1.54) is 0 Å². The van der Waals surface area contributed by atoms with Gasteiger partial charge in [-0.05, 0) is 33.8 Å². The number of nitrogens with one attached hydrogen (secondary N) is 1. The first-order valence-corrected chi connectivity index (χ1v) is 5.80. The van der Waals surface area contributed by atoms with Gasteiger partial charge in [0.25, 0.3) is 0 Å². The normalized spacial score (nSPS) is 14.8. The summed E-state index contributed by atoms with van der Waals surface area (Å²) in [7, 11) is 0. The lowest BCUT2D eigenvalue weighted by atomic mass is 10.0. The van der Waals surface area contributed by atoms with Gasteiger partial charge in [-0.1, -0.05) is 5.16 Å². The number of rotatable bonds is 4. The van der Waals surface area contributed by atoms with E-state index in [4.69, 9.17) is 8.94 Å². The summed E-state index contributed by atoms with van der Waals surface area (Å²) in [6.07, 6.45) is 3.45. The van der Waals surface area contributed by atoms with Crippen LogP contribution in [0.3, 0.4) is 0 Å². The Hall–Kier alpha value is -1.55. The molecule has 2 atom stereocenters. The number of hydrogen-bond acceptors (Lipinski definition) is 4. The van der Waals surface area contributed by atoms with Gasteiger partial charge in [0.05, 0.1) is 18.2 Å². The molecule has 0 aliphatic rings. The average molecular weight is 234 g/mol. The van der Waals surface area contributed by atoms with E-state index in [9.17, 15) is 0 Å². The summed E-state index contributed by atoms with van der Waals surface area (Å²) >= 11 is 0. The Morgan fingerprint density at radius 1 is 1.24 bits per heavy atom. The maximum atomic E-state index is 5.18. The van der Waals surface area contributed by atoms with Crippen molar-refractivity contribution in [2.75, 3.05) is 0 Å². The minimum absolute atomic E-state index is 0.200. The number of aromatic nitrogens is 1. The first-order chi connectivity index (χ1) is 8.09. The molecule has 0 amide bonds. The van der Waals surface area contributed by atoms with Gasteiger partial charge in [-0.15, -0.1) is 0 Å². The van der Waals surface area contributed by atoms with Gasteiger partial charge >= 0.3 is 0 Å². The molecule has 4 nitrogen and oxygen atoms in total. The summed E-state index contributed by atoms with van der Waals surface area (Å²) in [5.74, 6) is 0.877. The predicted molar refractivity (Wildman–Crippen MR) is 64.7 cm³/mol. The lowest BCUT2D eigenvalue weighted by molar-refractivity contribution is 0.389. The van der Waals surface area contributed by atoms with Crippen molar-refractivity contribution in [3.05, 3.63) is 41.2 Å². The second-order valence-electron chi connectivity index (χ2n) is 4.40. The summed E-state index contributed by atoms with van der Waals surface area (Å²) in [5, 5.41) is 7.48. The molecule has 4 heteroatoms.